The quantitative estimate of drug-likeness (QED) is 0.706. The van der Waals surface area contributed by atoms with Gasteiger partial charge in [0.2, 0.25) is 0 Å². The van der Waals surface area contributed by atoms with Gasteiger partial charge in [-0.1, -0.05) is 34.3 Å². The lowest BCUT2D eigenvalue weighted by Gasteiger charge is -2.43. The summed E-state index contributed by atoms with van der Waals surface area (Å²) >= 11 is 0. The van der Waals surface area contributed by atoms with Gasteiger partial charge in [0, 0.05) is 37.3 Å². The summed E-state index contributed by atoms with van der Waals surface area (Å²) in [5.41, 5.74) is 1.53. The van der Waals surface area contributed by atoms with E-state index in [1.54, 1.807) is 0 Å². The van der Waals surface area contributed by atoms with Gasteiger partial charge in [-0.25, -0.2) is 0 Å². The second kappa shape index (κ2) is 4.56. The second-order valence-corrected chi connectivity index (χ2v) is 5.61. The third-order valence-corrected chi connectivity index (χ3v) is 4.07. The van der Waals surface area contributed by atoms with Crippen LogP contribution < -0.4 is 0 Å². The number of hydrogen-bond acceptors (Lipinski definition) is 2. The van der Waals surface area contributed by atoms with E-state index in [2.05, 4.69) is 51.1 Å². The van der Waals surface area contributed by atoms with Gasteiger partial charge in [-0.05, 0) is 13.0 Å². The van der Waals surface area contributed by atoms with Crippen LogP contribution in [0.4, 0.5) is 0 Å². The smallest absolute Gasteiger partial charge is 0.0303 e. The molecule has 0 saturated carbocycles. The molecular formula is C13H26N2. The molecule has 0 aromatic heterocycles. The van der Waals surface area contributed by atoms with Gasteiger partial charge in [0.1, 0.15) is 0 Å². The SMILES string of the molecule is C=C(N1CCN(C)CC1)C(C)(C)C(C)C. The lowest BCUT2D eigenvalue weighted by molar-refractivity contribution is 0.140. The zero-order valence-electron chi connectivity index (χ0n) is 11.0. The Hall–Kier alpha value is -0.500. The molecule has 0 radical (unpaired) electrons. The molecule has 1 aliphatic rings. The standard InChI is InChI=1S/C13H26N2/c1-11(2)13(4,5)12(3)15-9-7-14(6)8-10-15/h11H,3,7-10H2,1-2,4-6H3. The van der Waals surface area contributed by atoms with Crippen molar-refractivity contribution in [3.8, 4) is 0 Å². The van der Waals surface area contributed by atoms with Crippen LogP contribution in [0.3, 0.4) is 0 Å². The van der Waals surface area contributed by atoms with Crippen LogP contribution in [0.2, 0.25) is 0 Å². The van der Waals surface area contributed by atoms with Crippen molar-refractivity contribution in [1.82, 2.24) is 9.80 Å². The fourth-order valence-corrected chi connectivity index (χ4v) is 1.82. The van der Waals surface area contributed by atoms with Crippen molar-refractivity contribution >= 4 is 0 Å². The maximum Gasteiger partial charge on any atom is 0.0303 e. The summed E-state index contributed by atoms with van der Waals surface area (Å²) in [6, 6.07) is 0. The average molecular weight is 210 g/mol. The largest absolute Gasteiger partial charge is 0.372 e. The molecule has 1 heterocycles. The average Bonchev–Trinajstić information content (AvgIpc) is 2.17. The summed E-state index contributed by atoms with van der Waals surface area (Å²) in [6.45, 7) is 18.1. The number of likely N-dealkylation sites (N-methyl/N-ethyl adjacent to an activating group) is 1. The Morgan fingerprint density at radius 3 is 2.00 bits per heavy atom. The minimum absolute atomic E-state index is 0.218. The summed E-state index contributed by atoms with van der Waals surface area (Å²) in [7, 11) is 2.19. The highest BCUT2D eigenvalue weighted by molar-refractivity contribution is 5.08. The molecule has 0 aromatic carbocycles. The van der Waals surface area contributed by atoms with Gasteiger partial charge in [-0.15, -0.1) is 0 Å². The predicted molar refractivity (Wildman–Crippen MR) is 66.8 cm³/mol. The van der Waals surface area contributed by atoms with Crippen molar-refractivity contribution in [1.29, 1.82) is 0 Å². The summed E-state index contributed by atoms with van der Waals surface area (Å²) < 4.78 is 0. The topological polar surface area (TPSA) is 6.48 Å². The minimum Gasteiger partial charge on any atom is -0.372 e. The summed E-state index contributed by atoms with van der Waals surface area (Å²) in [6.07, 6.45) is 0. The second-order valence-electron chi connectivity index (χ2n) is 5.61. The van der Waals surface area contributed by atoms with E-state index >= 15 is 0 Å². The number of hydrogen-bond donors (Lipinski definition) is 0. The molecule has 2 heteroatoms. The molecule has 1 fully saturated rings. The van der Waals surface area contributed by atoms with E-state index in [1.807, 2.05) is 0 Å². The fraction of sp³-hybridized carbons (Fsp3) is 0.846. The van der Waals surface area contributed by atoms with Crippen molar-refractivity contribution in [2.75, 3.05) is 33.2 Å². The van der Waals surface area contributed by atoms with E-state index < -0.39 is 0 Å². The molecule has 0 amide bonds. The lowest BCUT2D eigenvalue weighted by atomic mass is 9.78. The molecule has 0 N–H and O–H groups in total. The zero-order valence-corrected chi connectivity index (χ0v) is 11.0. The first-order valence-corrected chi connectivity index (χ1v) is 5.98. The Bertz CT molecular complexity index is 223. The summed E-state index contributed by atoms with van der Waals surface area (Å²) in [5.74, 6) is 0.643. The normalized spacial score (nSPS) is 19.7. The highest BCUT2D eigenvalue weighted by Crippen LogP contribution is 2.35. The van der Waals surface area contributed by atoms with Crippen LogP contribution in [-0.4, -0.2) is 43.0 Å². The van der Waals surface area contributed by atoms with Gasteiger partial charge in [0.25, 0.3) is 0 Å². The Morgan fingerprint density at radius 2 is 1.60 bits per heavy atom. The molecule has 0 bridgehead atoms. The maximum absolute atomic E-state index is 4.30. The van der Waals surface area contributed by atoms with Crippen LogP contribution in [0.15, 0.2) is 12.3 Å². The fourth-order valence-electron chi connectivity index (χ4n) is 1.82. The van der Waals surface area contributed by atoms with E-state index in [9.17, 15) is 0 Å². The number of piperazine rings is 1. The van der Waals surface area contributed by atoms with Crippen molar-refractivity contribution < 1.29 is 0 Å². The van der Waals surface area contributed by atoms with Gasteiger partial charge in [-0.2, -0.15) is 0 Å². The Kier molecular flexibility index (Phi) is 3.82. The Balaban J connectivity index is 2.61. The van der Waals surface area contributed by atoms with E-state index in [1.165, 1.54) is 5.70 Å². The molecule has 15 heavy (non-hydrogen) atoms. The van der Waals surface area contributed by atoms with Crippen LogP contribution in [0.5, 0.6) is 0 Å². The molecule has 1 rings (SSSR count). The predicted octanol–water partition coefficient (Wildman–Crippen LogP) is 2.43. The van der Waals surface area contributed by atoms with Gasteiger partial charge in [0.05, 0.1) is 0 Å². The van der Waals surface area contributed by atoms with Crippen molar-refractivity contribution in [3.63, 3.8) is 0 Å². The van der Waals surface area contributed by atoms with E-state index in [4.69, 9.17) is 0 Å². The van der Waals surface area contributed by atoms with Crippen LogP contribution in [0, 0.1) is 11.3 Å². The van der Waals surface area contributed by atoms with Crippen LogP contribution in [-0.2, 0) is 0 Å². The van der Waals surface area contributed by atoms with Gasteiger partial charge in [0.15, 0.2) is 0 Å². The molecule has 0 aliphatic carbocycles. The number of nitrogens with zero attached hydrogens (tertiary/aromatic N) is 2. The van der Waals surface area contributed by atoms with E-state index in [0.717, 1.165) is 26.2 Å². The lowest BCUT2D eigenvalue weighted by Crippen LogP contribution is -2.46. The van der Waals surface area contributed by atoms with Gasteiger partial charge in [-0.3, -0.25) is 0 Å². The number of rotatable bonds is 3. The molecule has 2 nitrogen and oxygen atoms in total. The third kappa shape index (κ3) is 2.75. The summed E-state index contributed by atoms with van der Waals surface area (Å²) in [5, 5.41) is 0. The highest BCUT2D eigenvalue weighted by Gasteiger charge is 2.30. The van der Waals surface area contributed by atoms with Crippen molar-refractivity contribution in [2.24, 2.45) is 11.3 Å². The van der Waals surface area contributed by atoms with Crippen molar-refractivity contribution in [2.45, 2.75) is 27.7 Å². The van der Waals surface area contributed by atoms with Gasteiger partial charge < -0.3 is 9.80 Å². The third-order valence-electron chi connectivity index (χ3n) is 4.07. The van der Waals surface area contributed by atoms with Crippen LogP contribution in [0.25, 0.3) is 0 Å². The maximum atomic E-state index is 4.30. The zero-order chi connectivity index (χ0) is 11.6. The molecule has 0 aromatic rings. The Labute approximate surface area is 94.9 Å². The molecule has 1 saturated heterocycles. The molecule has 0 spiro atoms. The minimum atomic E-state index is 0.218. The molecule has 88 valence electrons. The van der Waals surface area contributed by atoms with E-state index in [-0.39, 0.29) is 5.41 Å². The highest BCUT2D eigenvalue weighted by atomic mass is 15.3. The molecule has 1 aliphatic heterocycles. The summed E-state index contributed by atoms with van der Waals surface area (Å²) in [4.78, 5) is 4.84. The first-order chi connectivity index (χ1) is 6.85. The first-order valence-electron chi connectivity index (χ1n) is 5.98. The Morgan fingerprint density at radius 1 is 1.13 bits per heavy atom. The van der Waals surface area contributed by atoms with Crippen LogP contribution in [0.1, 0.15) is 27.7 Å². The molecule has 0 unspecified atom stereocenters. The van der Waals surface area contributed by atoms with Crippen LogP contribution >= 0.6 is 0 Å². The monoisotopic (exact) mass is 210 g/mol. The van der Waals surface area contributed by atoms with E-state index in [0.29, 0.717) is 5.92 Å². The molecular weight excluding hydrogens is 184 g/mol. The first kappa shape index (κ1) is 12.6. The molecule has 0 atom stereocenters. The van der Waals surface area contributed by atoms with Gasteiger partial charge >= 0.3 is 0 Å². The number of allylic oxidation sites excluding steroid dienone is 1. The van der Waals surface area contributed by atoms with Crippen molar-refractivity contribution in [3.05, 3.63) is 12.3 Å².